The summed E-state index contributed by atoms with van der Waals surface area (Å²) in [5, 5.41) is 7.23. The Morgan fingerprint density at radius 2 is 1.82 bits per heavy atom. The van der Waals surface area contributed by atoms with Crippen LogP contribution in [-0.2, 0) is 16.1 Å². The average Bonchev–Trinajstić information content (AvgIpc) is 3.20. The van der Waals surface area contributed by atoms with Crippen LogP contribution < -0.4 is 5.32 Å². The van der Waals surface area contributed by atoms with Crippen LogP contribution in [0.25, 0.3) is 11.3 Å². The number of rotatable bonds is 8. The second-order valence-corrected chi connectivity index (χ2v) is 6.51. The number of halogens is 1. The highest BCUT2D eigenvalue weighted by atomic mass is 35.5. The Hall–Kier alpha value is -3.12. The number of esters is 1. The van der Waals surface area contributed by atoms with Crippen LogP contribution in [0.2, 0.25) is 5.02 Å². The molecule has 0 radical (unpaired) electrons. The molecule has 0 fully saturated rings. The van der Waals surface area contributed by atoms with Crippen molar-refractivity contribution in [3.8, 4) is 11.3 Å². The van der Waals surface area contributed by atoms with Crippen LogP contribution in [0.5, 0.6) is 0 Å². The lowest BCUT2D eigenvalue weighted by atomic mass is 10.2. The molecule has 1 aromatic heterocycles. The van der Waals surface area contributed by atoms with E-state index in [-0.39, 0.29) is 24.9 Å². The van der Waals surface area contributed by atoms with Crippen molar-refractivity contribution in [2.45, 2.75) is 19.4 Å². The number of aromatic nitrogens is 1. The Morgan fingerprint density at radius 3 is 2.57 bits per heavy atom. The number of carbonyl (C=O) groups excluding carboxylic acids is 2. The molecule has 28 heavy (non-hydrogen) atoms. The van der Waals surface area contributed by atoms with Crippen molar-refractivity contribution in [2.75, 3.05) is 6.54 Å². The van der Waals surface area contributed by atoms with Gasteiger partial charge in [-0.3, -0.25) is 9.59 Å². The van der Waals surface area contributed by atoms with E-state index in [1.807, 2.05) is 30.3 Å². The molecular formula is C21H19ClN2O4. The van der Waals surface area contributed by atoms with Crippen molar-refractivity contribution in [1.29, 1.82) is 0 Å². The first kappa shape index (κ1) is 19.6. The summed E-state index contributed by atoms with van der Waals surface area (Å²) >= 11 is 5.79. The molecule has 7 heteroatoms. The Morgan fingerprint density at radius 1 is 1.07 bits per heavy atom. The summed E-state index contributed by atoms with van der Waals surface area (Å²) in [5.41, 5.74) is 1.97. The molecule has 3 aromatic rings. The van der Waals surface area contributed by atoms with Crippen molar-refractivity contribution < 1.29 is 18.8 Å². The lowest BCUT2D eigenvalue weighted by molar-refractivity contribution is -0.145. The molecule has 6 nitrogen and oxygen atoms in total. The first-order chi connectivity index (χ1) is 13.6. The van der Waals surface area contributed by atoms with E-state index in [1.54, 1.807) is 30.3 Å². The molecule has 144 valence electrons. The lowest BCUT2D eigenvalue weighted by Crippen LogP contribution is -2.24. The topological polar surface area (TPSA) is 81.4 Å². The second-order valence-electron chi connectivity index (χ2n) is 6.08. The molecule has 1 amide bonds. The maximum Gasteiger partial charge on any atom is 0.306 e. The number of amides is 1. The average molecular weight is 399 g/mol. The van der Waals surface area contributed by atoms with Gasteiger partial charge in [0.1, 0.15) is 12.3 Å². The molecule has 1 heterocycles. The summed E-state index contributed by atoms with van der Waals surface area (Å²) < 4.78 is 10.5. The van der Waals surface area contributed by atoms with Crippen LogP contribution in [0, 0.1) is 0 Å². The van der Waals surface area contributed by atoms with Crippen molar-refractivity contribution in [3.05, 3.63) is 76.9 Å². The molecule has 0 atom stereocenters. The maximum absolute atomic E-state index is 11.9. The Bertz CT molecular complexity index is 923. The summed E-state index contributed by atoms with van der Waals surface area (Å²) in [6, 6.07) is 17.9. The molecule has 3 rings (SSSR count). The number of ether oxygens (including phenoxy) is 1. The van der Waals surface area contributed by atoms with E-state index in [0.29, 0.717) is 35.0 Å². The third-order valence-electron chi connectivity index (χ3n) is 3.95. The quantitative estimate of drug-likeness (QED) is 0.453. The molecule has 0 bridgehead atoms. The summed E-state index contributed by atoms with van der Waals surface area (Å²) in [7, 11) is 0. The van der Waals surface area contributed by atoms with Crippen LogP contribution in [0.3, 0.4) is 0 Å². The van der Waals surface area contributed by atoms with E-state index in [9.17, 15) is 9.59 Å². The Kier molecular flexibility index (Phi) is 6.81. The predicted octanol–water partition coefficient (Wildman–Crippen LogP) is 4.25. The molecule has 0 unspecified atom stereocenters. The number of carbonyl (C=O) groups is 2. The number of nitrogens with zero attached hydrogens (tertiary/aromatic N) is 1. The van der Waals surface area contributed by atoms with Gasteiger partial charge in [0.2, 0.25) is 0 Å². The molecule has 2 aromatic carbocycles. The second kappa shape index (κ2) is 9.71. The van der Waals surface area contributed by atoms with E-state index >= 15 is 0 Å². The van der Waals surface area contributed by atoms with Gasteiger partial charge in [-0.1, -0.05) is 47.1 Å². The zero-order valence-electron chi connectivity index (χ0n) is 15.1. The largest absolute Gasteiger partial charge is 0.459 e. The van der Waals surface area contributed by atoms with Crippen LogP contribution in [0.4, 0.5) is 0 Å². The fourth-order valence-corrected chi connectivity index (χ4v) is 2.61. The Balaban J connectivity index is 1.35. The minimum atomic E-state index is -0.356. The standard InChI is InChI=1S/C21H19ClN2O4/c22-17-10-8-16(9-11-17)21(26)23-12-4-7-20(25)27-14-18-13-19(28-24-18)15-5-2-1-3-6-15/h1-3,5-6,8-11,13H,4,7,12,14H2,(H,23,26). The zero-order chi connectivity index (χ0) is 19.8. The van der Waals surface area contributed by atoms with Crippen LogP contribution >= 0.6 is 11.6 Å². The zero-order valence-corrected chi connectivity index (χ0v) is 15.8. The van der Waals surface area contributed by atoms with E-state index in [0.717, 1.165) is 5.56 Å². The maximum atomic E-state index is 11.9. The number of hydrogen-bond acceptors (Lipinski definition) is 5. The van der Waals surface area contributed by atoms with Gasteiger partial charge in [0.15, 0.2) is 5.76 Å². The highest BCUT2D eigenvalue weighted by Crippen LogP contribution is 2.20. The molecule has 0 aliphatic rings. The third-order valence-corrected chi connectivity index (χ3v) is 4.20. The monoisotopic (exact) mass is 398 g/mol. The molecule has 0 saturated carbocycles. The fraction of sp³-hybridized carbons (Fsp3) is 0.190. The van der Waals surface area contributed by atoms with Crippen molar-refractivity contribution in [2.24, 2.45) is 0 Å². The van der Waals surface area contributed by atoms with Gasteiger partial charge in [-0.2, -0.15) is 0 Å². The first-order valence-electron chi connectivity index (χ1n) is 8.82. The molecule has 0 saturated heterocycles. The number of nitrogens with one attached hydrogen (secondary N) is 1. The van der Waals surface area contributed by atoms with Gasteiger partial charge in [0, 0.05) is 35.2 Å². The normalized spacial score (nSPS) is 10.5. The molecule has 0 spiro atoms. The van der Waals surface area contributed by atoms with E-state index in [2.05, 4.69) is 10.5 Å². The smallest absolute Gasteiger partial charge is 0.306 e. The van der Waals surface area contributed by atoms with E-state index < -0.39 is 0 Å². The van der Waals surface area contributed by atoms with Gasteiger partial charge in [0.25, 0.3) is 5.91 Å². The van der Waals surface area contributed by atoms with Crippen LogP contribution in [0.1, 0.15) is 28.9 Å². The first-order valence-corrected chi connectivity index (χ1v) is 9.20. The van der Waals surface area contributed by atoms with Crippen LogP contribution in [-0.4, -0.2) is 23.6 Å². The summed E-state index contributed by atoms with van der Waals surface area (Å²) in [6.07, 6.45) is 0.677. The number of benzene rings is 2. The van der Waals surface area contributed by atoms with Crippen molar-refractivity contribution >= 4 is 23.5 Å². The summed E-state index contributed by atoms with van der Waals surface area (Å²) in [5.74, 6) is 0.0580. The lowest BCUT2D eigenvalue weighted by Gasteiger charge is -2.05. The molecule has 0 aliphatic heterocycles. The highest BCUT2D eigenvalue weighted by molar-refractivity contribution is 6.30. The molecule has 0 aliphatic carbocycles. The number of hydrogen-bond donors (Lipinski definition) is 1. The van der Waals surface area contributed by atoms with Gasteiger partial charge in [0.05, 0.1) is 0 Å². The van der Waals surface area contributed by atoms with Crippen LogP contribution in [0.15, 0.2) is 65.2 Å². The van der Waals surface area contributed by atoms with Gasteiger partial charge in [-0.15, -0.1) is 0 Å². The van der Waals surface area contributed by atoms with E-state index in [4.69, 9.17) is 20.9 Å². The fourth-order valence-electron chi connectivity index (χ4n) is 2.48. The summed E-state index contributed by atoms with van der Waals surface area (Å²) in [6.45, 7) is 0.422. The molecular weight excluding hydrogens is 380 g/mol. The minimum absolute atomic E-state index is 0.0479. The highest BCUT2D eigenvalue weighted by Gasteiger charge is 2.10. The van der Waals surface area contributed by atoms with E-state index in [1.165, 1.54) is 0 Å². The van der Waals surface area contributed by atoms with Crippen molar-refractivity contribution in [1.82, 2.24) is 10.5 Å². The predicted molar refractivity (Wildman–Crippen MR) is 105 cm³/mol. The molecule has 1 N–H and O–H groups in total. The van der Waals surface area contributed by atoms with Gasteiger partial charge < -0.3 is 14.6 Å². The van der Waals surface area contributed by atoms with Gasteiger partial charge in [-0.25, -0.2) is 0 Å². The SMILES string of the molecule is O=C(CCCNC(=O)c1ccc(Cl)cc1)OCc1cc(-c2ccccc2)on1. The summed E-state index contributed by atoms with van der Waals surface area (Å²) in [4.78, 5) is 23.8. The Labute approximate surface area is 167 Å². The minimum Gasteiger partial charge on any atom is -0.459 e. The van der Waals surface area contributed by atoms with Crippen molar-refractivity contribution in [3.63, 3.8) is 0 Å². The van der Waals surface area contributed by atoms with Gasteiger partial charge in [-0.05, 0) is 30.7 Å². The van der Waals surface area contributed by atoms with Gasteiger partial charge >= 0.3 is 5.97 Å². The third kappa shape index (κ3) is 5.69.